The molecule has 2 heterocycles. The van der Waals surface area contributed by atoms with Crippen LogP contribution in [0.4, 0.5) is 11.5 Å². The molecule has 7 heteroatoms. The summed E-state index contributed by atoms with van der Waals surface area (Å²) in [5.74, 6) is 0.563. The van der Waals surface area contributed by atoms with E-state index in [9.17, 15) is 9.59 Å². The number of rotatable bonds is 7. The van der Waals surface area contributed by atoms with Gasteiger partial charge in [0, 0.05) is 44.5 Å². The van der Waals surface area contributed by atoms with Crippen molar-refractivity contribution in [2.75, 3.05) is 42.5 Å². The normalized spacial score (nSPS) is 14.3. The minimum absolute atomic E-state index is 0.0413. The van der Waals surface area contributed by atoms with Gasteiger partial charge in [-0.05, 0) is 24.6 Å². The Morgan fingerprint density at radius 2 is 1.74 bits per heavy atom. The molecule has 0 aliphatic carbocycles. The van der Waals surface area contributed by atoms with Crippen molar-refractivity contribution in [3.63, 3.8) is 0 Å². The number of hydrogen-bond donors (Lipinski definition) is 1. The Hall–Kier alpha value is -2.83. The van der Waals surface area contributed by atoms with Crippen molar-refractivity contribution in [3.8, 4) is 0 Å². The lowest BCUT2D eigenvalue weighted by molar-refractivity contribution is -0.121. The predicted octanol–water partition coefficient (Wildman–Crippen LogP) is 1.49. The highest BCUT2D eigenvalue weighted by Gasteiger charge is 2.19. The molecule has 0 atom stereocenters. The Morgan fingerprint density at radius 1 is 1.04 bits per heavy atom. The molecular weight excluding hydrogens is 342 g/mol. The molecule has 1 aliphatic rings. The number of hydrogen-bond acceptors (Lipinski definition) is 5. The van der Waals surface area contributed by atoms with Gasteiger partial charge in [0.2, 0.25) is 5.91 Å². The van der Waals surface area contributed by atoms with Crippen LogP contribution in [0.5, 0.6) is 0 Å². The highest BCUT2D eigenvalue weighted by Crippen LogP contribution is 2.18. The molecule has 1 aromatic heterocycles. The number of nitrogens with zero attached hydrogens (tertiary/aromatic N) is 4. The number of para-hydroxylation sites is 1. The number of amides is 1. The van der Waals surface area contributed by atoms with Crippen molar-refractivity contribution >= 4 is 17.4 Å². The van der Waals surface area contributed by atoms with Crippen LogP contribution in [0, 0.1) is 0 Å². The number of aromatic nitrogens is 2. The van der Waals surface area contributed by atoms with E-state index < -0.39 is 0 Å². The first-order chi connectivity index (χ1) is 13.2. The van der Waals surface area contributed by atoms with Gasteiger partial charge in [-0.2, -0.15) is 5.10 Å². The maximum atomic E-state index is 12.1. The summed E-state index contributed by atoms with van der Waals surface area (Å²) in [7, 11) is 0. The Bertz CT molecular complexity index is 798. The van der Waals surface area contributed by atoms with Gasteiger partial charge in [0.1, 0.15) is 12.4 Å². The third kappa shape index (κ3) is 5.09. The largest absolute Gasteiger partial charge is 0.368 e. The van der Waals surface area contributed by atoms with Crippen LogP contribution in [0.1, 0.15) is 19.8 Å². The van der Waals surface area contributed by atoms with Gasteiger partial charge in [0.15, 0.2) is 0 Å². The second-order valence-corrected chi connectivity index (χ2v) is 6.70. The number of unbranched alkanes of at least 4 members (excludes halogenated alkanes) is 1. The summed E-state index contributed by atoms with van der Waals surface area (Å²) in [5, 5.41) is 7.24. The monoisotopic (exact) mass is 369 g/mol. The van der Waals surface area contributed by atoms with Gasteiger partial charge in [0.25, 0.3) is 5.56 Å². The summed E-state index contributed by atoms with van der Waals surface area (Å²) in [6.07, 6.45) is 1.95. The zero-order valence-corrected chi connectivity index (χ0v) is 15.8. The summed E-state index contributed by atoms with van der Waals surface area (Å²) in [4.78, 5) is 28.5. The summed E-state index contributed by atoms with van der Waals surface area (Å²) >= 11 is 0. The second kappa shape index (κ2) is 9.21. The molecule has 1 amide bonds. The summed E-state index contributed by atoms with van der Waals surface area (Å²) < 4.78 is 1.25. The Labute approximate surface area is 159 Å². The predicted molar refractivity (Wildman–Crippen MR) is 107 cm³/mol. The zero-order valence-electron chi connectivity index (χ0n) is 15.8. The molecule has 0 saturated carbocycles. The molecule has 0 spiro atoms. The fourth-order valence-electron chi connectivity index (χ4n) is 3.15. The summed E-state index contributed by atoms with van der Waals surface area (Å²) in [6, 6.07) is 13.6. The SMILES string of the molecule is CCCCNC(=O)Cn1nc(N2CCN(c3ccccc3)CC2)ccc1=O. The minimum Gasteiger partial charge on any atom is -0.368 e. The first kappa shape index (κ1) is 18.9. The Morgan fingerprint density at radius 3 is 2.44 bits per heavy atom. The maximum Gasteiger partial charge on any atom is 0.267 e. The van der Waals surface area contributed by atoms with Crippen LogP contribution < -0.4 is 20.7 Å². The van der Waals surface area contributed by atoms with Crippen molar-refractivity contribution in [1.29, 1.82) is 0 Å². The molecule has 7 nitrogen and oxygen atoms in total. The molecule has 2 aromatic rings. The molecule has 1 fully saturated rings. The van der Waals surface area contributed by atoms with Gasteiger partial charge in [-0.25, -0.2) is 4.68 Å². The zero-order chi connectivity index (χ0) is 19.1. The maximum absolute atomic E-state index is 12.1. The topological polar surface area (TPSA) is 70.5 Å². The quantitative estimate of drug-likeness (QED) is 0.749. The van der Waals surface area contributed by atoms with Crippen LogP contribution >= 0.6 is 0 Å². The number of anilines is 2. The molecular formula is C20H27N5O2. The van der Waals surface area contributed by atoms with Crippen LogP contribution in [-0.4, -0.2) is 48.4 Å². The molecule has 0 unspecified atom stereocenters. The summed E-state index contributed by atoms with van der Waals surface area (Å²) in [6.45, 7) is 6.08. The fraction of sp³-hybridized carbons (Fsp3) is 0.450. The first-order valence-corrected chi connectivity index (χ1v) is 9.57. The van der Waals surface area contributed by atoms with E-state index in [1.807, 2.05) is 18.2 Å². The van der Waals surface area contributed by atoms with Crippen molar-refractivity contribution in [2.24, 2.45) is 0 Å². The highest BCUT2D eigenvalue weighted by atomic mass is 16.2. The Kier molecular flexibility index (Phi) is 6.46. The van der Waals surface area contributed by atoms with E-state index in [1.165, 1.54) is 16.4 Å². The molecule has 1 N–H and O–H groups in total. The number of carbonyl (C=O) groups is 1. The third-order valence-electron chi connectivity index (χ3n) is 4.72. The van der Waals surface area contributed by atoms with Crippen LogP contribution in [0.15, 0.2) is 47.3 Å². The van der Waals surface area contributed by atoms with E-state index in [-0.39, 0.29) is 18.0 Å². The fourth-order valence-corrected chi connectivity index (χ4v) is 3.15. The number of benzene rings is 1. The molecule has 144 valence electrons. The van der Waals surface area contributed by atoms with Crippen LogP contribution in [0.3, 0.4) is 0 Å². The van der Waals surface area contributed by atoms with Crippen LogP contribution in [0.25, 0.3) is 0 Å². The lowest BCUT2D eigenvalue weighted by atomic mass is 10.2. The Balaban J connectivity index is 1.61. The van der Waals surface area contributed by atoms with Crippen LogP contribution in [0.2, 0.25) is 0 Å². The molecule has 1 saturated heterocycles. The number of carbonyl (C=O) groups excluding carboxylic acids is 1. The van der Waals surface area contributed by atoms with Gasteiger partial charge in [0.05, 0.1) is 0 Å². The standard InChI is InChI=1S/C20H27N5O2/c1-2-3-11-21-19(26)16-25-20(27)10-9-18(22-25)24-14-12-23(13-15-24)17-7-5-4-6-8-17/h4-10H,2-3,11-16H2,1H3,(H,21,26). The second-order valence-electron chi connectivity index (χ2n) is 6.70. The lowest BCUT2D eigenvalue weighted by Gasteiger charge is -2.36. The van der Waals surface area contributed by atoms with Gasteiger partial charge >= 0.3 is 0 Å². The van der Waals surface area contributed by atoms with E-state index in [4.69, 9.17) is 0 Å². The van der Waals surface area contributed by atoms with Gasteiger partial charge < -0.3 is 15.1 Å². The molecule has 0 bridgehead atoms. The van der Waals surface area contributed by atoms with Crippen molar-refractivity contribution < 1.29 is 4.79 Å². The smallest absolute Gasteiger partial charge is 0.267 e. The van der Waals surface area contributed by atoms with Crippen LogP contribution in [-0.2, 0) is 11.3 Å². The number of nitrogens with one attached hydrogen (secondary N) is 1. The molecule has 1 aliphatic heterocycles. The molecule has 1 aromatic carbocycles. The average molecular weight is 369 g/mol. The van der Waals surface area contributed by atoms with Crippen molar-refractivity contribution in [3.05, 3.63) is 52.8 Å². The molecule has 0 radical (unpaired) electrons. The van der Waals surface area contributed by atoms with Crippen molar-refractivity contribution in [1.82, 2.24) is 15.1 Å². The molecule has 27 heavy (non-hydrogen) atoms. The van der Waals surface area contributed by atoms with Gasteiger partial charge in [-0.15, -0.1) is 0 Å². The van der Waals surface area contributed by atoms with Gasteiger partial charge in [-0.1, -0.05) is 31.5 Å². The number of piperazine rings is 1. The average Bonchev–Trinajstić information content (AvgIpc) is 2.71. The van der Waals surface area contributed by atoms with E-state index in [0.29, 0.717) is 6.54 Å². The minimum atomic E-state index is -0.257. The first-order valence-electron chi connectivity index (χ1n) is 9.57. The van der Waals surface area contributed by atoms with E-state index in [0.717, 1.165) is 44.8 Å². The lowest BCUT2D eigenvalue weighted by Crippen LogP contribution is -2.47. The van der Waals surface area contributed by atoms with E-state index >= 15 is 0 Å². The van der Waals surface area contributed by atoms with Gasteiger partial charge in [-0.3, -0.25) is 9.59 Å². The third-order valence-corrected chi connectivity index (χ3v) is 4.72. The molecule has 3 rings (SSSR count). The van der Waals surface area contributed by atoms with Crippen molar-refractivity contribution in [2.45, 2.75) is 26.3 Å². The highest BCUT2D eigenvalue weighted by molar-refractivity contribution is 5.75. The van der Waals surface area contributed by atoms with E-state index in [1.54, 1.807) is 6.07 Å². The summed E-state index contributed by atoms with van der Waals surface area (Å²) in [5.41, 5.74) is 0.964. The van der Waals surface area contributed by atoms with E-state index in [2.05, 4.69) is 39.3 Å².